The van der Waals surface area contributed by atoms with Gasteiger partial charge in [-0.2, -0.15) is 0 Å². The summed E-state index contributed by atoms with van der Waals surface area (Å²) in [5, 5.41) is 2.84. The van der Waals surface area contributed by atoms with Crippen molar-refractivity contribution in [2.24, 2.45) is 5.41 Å². The molecule has 7 nitrogen and oxygen atoms in total. The Labute approximate surface area is 174 Å². The Morgan fingerprint density at radius 1 is 1.28 bits per heavy atom. The molecule has 29 heavy (non-hydrogen) atoms. The SMILES string of the molecule is COCC(=O)Nc1ccc(N(C)C)c(CN(C[C@@H]2CCCO2)C(=O)C(C)(C)C)c1. The molecule has 1 saturated heterocycles. The molecule has 0 aliphatic carbocycles. The van der Waals surface area contributed by atoms with Gasteiger partial charge in [-0.25, -0.2) is 0 Å². The van der Waals surface area contributed by atoms with Gasteiger partial charge >= 0.3 is 0 Å². The Kier molecular flexibility index (Phi) is 8.05. The molecule has 0 aromatic heterocycles. The van der Waals surface area contributed by atoms with Crippen LogP contribution in [0.3, 0.4) is 0 Å². The van der Waals surface area contributed by atoms with Crippen molar-refractivity contribution < 1.29 is 19.1 Å². The van der Waals surface area contributed by atoms with Gasteiger partial charge in [0.2, 0.25) is 11.8 Å². The molecule has 1 atom stereocenters. The minimum Gasteiger partial charge on any atom is -0.377 e. The van der Waals surface area contributed by atoms with Gasteiger partial charge in [-0.05, 0) is 36.6 Å². The summed E-state index contributed by atoms with van der Waals surface area (Å²) < 4.78 is 10.7. The van der Waals surface area contributed by atoms with Crippen LogP contribution in [-0.4, -0.2) is 63.8 Å². The van der Waals surface area contributed by atoms with E-state index in [2.05, 4.69) is 5.32 Å². The van der Waals surface area contributed by atoms with Gasteiger partial charge in [-0.1, -0.05) is 20.8 Å². The lowest BCUT2D eigenvalue weighted by Crippen LogP contribution is -2.43. The predicted molar refractivity (Wildman–Crippen MR) is 115 cm³/mol. The van der Waals surface area contributed by atoms with Crippen molar-refractivity contribution in [3.05, 3.63) is 23.8 Å². The van der Waals surface area contributed by atoms with Gasteiger partial charge in [0.05, 0.1) is 6.10 Å². The van der Waals surface area contributed by atoms with Crippen LogP contribution in [0.2, 0.25) is 0 Å². The Balaban J connectivity index is 2.30. The van der Waals surface area contributed by atoms with Gasteiger partial charge in [0.15, 0.2) is 0 Å². The van der Waals surface area contributed by atoms with E-state index >= 15 is 0 Å². The zero-order chi connectivity index (χ0) is 21.6. The smallest absolute Gasteiger partial charge is 0.250 e. The van der Waals surface area contributed by atoms with Crippen molar-refractivity contribution in [1.82, 2.24) is 4.90 Å². The number of benzene rings is 1. The van der Waals surface area contributed by atoms with E-state index in [0.717, 1.165) is 30.7 Å². The molecule has 162 valence electrons. The summed E-state index contributed by atoms with van der Waals surface area (Å²) in [6.07, 6.45) is 2.09. The highest BCUT2D eigenvalue weighted by atomic mass is 16.5. The molecule has 2 amide bonds. The van der Waals surface area contributed by atoms with E-state index in [4.69, 9.17) is 9.47 Å². The third kappa shape index (κ3) is 6.72. The molecule has 2 rings (SSSR count). The van der Waals surface area contributed by atoms with Crippen molar-refractivity contribution in [2.75, 3.05) is 51.2 Å². The van der Waals surface area contributed by atoms with E-state index in [-0.39, 0.29) is 24.5 Å². The largest absolute Gasteiger partial charge is 0.377 e. The Morgan fingerprint density at radius 3 is 2.55 bits per heavy atom. The van der Waals surface area contributed by atoms with Crippen molar-refractivity contribution in [3.8, 4) is 0 Å². The number of carbonyl (C=O) groups is 2. The maximum absolute atomic E-state index is 13.2. The third-order valence-electron chi connectivity index (χ3n) is 4.86. The lowest BCUT2D eigenvalue weighted by atomic mass is 9.94. The van der Waals surface area contributed by atoms with Crippen LogP contribution in [0.15, 0.2) is 18.2 Å². The van der Waals surface area contributed by atoms with E-state index < -0.39 is 5.41 Å². The molecule has 1 aliphatic rings. The summed E-state index contributed by atoms with van der Waals surface area (Å²) in [6.45, 7) is 7.59. The van der Waals surface area contributed by atoms with Crippen LogP contribution in [0.25, 0.3) is 0 Å². The lowest BCUT2D eigenvalue weighted by Gasteiger charge is -2.32. The summed E-state index contributed by atoms with van der Waals surface area (Å²) in [7, 11) is 5.43. The maximum Gasteiger partial charge on any atom is 0.250 e. The number of rotatable bonds is 8. The zero-order valence-electron chi connectivity index (χ0n) is 18.6. The molecule has 1 aromatic rings. The molecule has 0 unspecified atom stereocenters. The van der Waals surface area contributed by atoms with E-state index in [1.165, 1.54) is 7.11 Å². The number of hydrogen-bond acceptors (Lipinski definition) is 5. The summed E-state index contributed by atoms with van der Waals surface area (Å²) in [5.41, 5.74) is 2.18. The first-order valence-corrected chi connectivity index (χ1v) is 10.1. The van der Waals surface area contributed by atoms with Crippen LogP contribution in [0, 0.1) is 5.41 Å². The van der Waals surface area contributed by atoms with Crippen LogP contribution in [0.4, 0.5) is 11.4 Å². The van der Waals surface area contributed by atoms with E-state index in [1.807, 2.05) is 62.9 Å². The first-order valence-electron chi connectivity index (χ1n) is 10.1. The molecular formula is C22H35N3O4. The number of nitrogens with one attached hydrogen (secondary N) is 1. The zero-order valence-corrected chi connectivity index (χ0v) is 18.6. The summed E-state index contributed by atoms with van der Waals surface area (Å²) >= 11 is 0. The average molecular weight is 406 g/mol. The normalized spacial score (nSPS) is 16.6. The molecular weight excluding hydrogens is 370 g/mol. The highest BCUT2D eigenvalue weighted by Crippen LogP contribution is 2.28. The fourth-order valence-electron chi connectivity index (χ4n) is 3.49. The number of hydrogen-bond donors (Lipinski definition) is 1. The Bertz CT molecular complexity index is 706. The van der Waals surface area contributed by atoms with Crippen LogP contribution >= 0.6 is 0 Å². The summed E-state index contributed by atoms with van der Waals surface area (Å²) in [5.74, 6) is -0.121. The first kappa shape index (κ1) is 23.2. The molecule has 1 aromatic carbocycles. The summed E-state index contributed by atoms with van der Waals surface area (Å²) in [6, 6.07) is 5.76. The van der Waals surface area contributed by atoms with Crippen molar-refractivity contribution in [3.63, 3.8) is 0 Å². The fourth-order valence-corrected chi connectivity index (χ4v) is 3.49. The first-order chi connectivity index (χ1) is 13.6. The molecule has 1 heterocycles. The standard InChI is InChI=1S/C22H35N3O4/c1-22(2,3)21(27)25(14-18-8-7-11-29-18)13-16-12-17(23-20(26)15-28-6)9-10-19(16)24(4)5/h9-10,12,18H,7-8,11,13-15H2,1-6H3,(H,23,26)/t18-/m0/s1. The van der Waals surface area contributed by atoms with Gasteiger partial charge in [0.1, 0.15) is 6.61 Å². The Hall–Kier alpha value is -2.12. The highest BCUT2D eigenvalue weighted by molar-refractivity contribution is 5.92. The van der Waals surface area contributed by atoms with Gasteiger partial charge in [-0.15, -0.1) is 0 Å². The topological polar surface area (TPSA) is 71.1 Å². The number of ether oxygens (including phenoxy) is 2. The minimum atomic E-state index is -0.485. The number of nitrogens with zero attached hydrogens (tertiary/aromatic N) is 2. The van der Waals surface area contributed by atoms with Crippen LogP contribution < -0.4 is 10.2 Å². The fraction of sp³-hybridized carbons (Fsp3) is 0.636. The predicted octanol–water partition coefficient (Wildman–Crippen LogP) is 2.89. The molecule has 0 saturated carbocycles. The number of carbonyl (C=O) groups excluding carboxylic acids is 2. The van der Waals surface area contributed by atoms with Gasteiger partial charge in [-0.3, -0.25) is 9.59 Å². The molecule has 1 N–H and O–H groups in total. The second-order valence-electron chi connectivity index (χ2n) is 8.79. The maximum atomic E-state index is 13.2. The van der Waals surface area contributed by atoms with Gasteiger partial charge in [0.25, 0.3) is 0 Å². The van der Waals surface area contributed by atoms with E-state index in [1.54, 1.807) is 0 Å². The van der Waals surface area contributed by atoms with Crippen LogP contribution in [-0.2, 0) is 25.6 Å². The van der Waals surface area contributed by atoms with Crippen molar-refractivity contribution >= 4 is 23.2 Å². The van der Waals surface area contributed by atoms with E-state index in [0.29, 0.717) is 18.8 Å². The van der Waals surface area contributed by atoms with Crippen molar-refractivity contribution in [2.45, 2.75) is 46.3 Å². The van der Waals surface area contributed by atoms with E-state index in [9.17, 15) is 9.59 Å². The van der Waals surface area contributed by atoms with Gasteiger partial charge < -0.3 is 24.6 Å². The van der Waals surface area contributed by atoms with Crippen molar-refractivity contribution in [1.29, 1.82) is 0 Å². The Morgan fingerprint density at radius 2 is 2.00 bits per heavy atom. The molecule has 0 radical (unpaired) electrons. The second-order valence-corrected chi connectivity index (χ2v) is 8.79. The summed E-state index contributed by atoms with van der Waals surface area (Å²) in [4.78, 5) is 29.0. The van der Waals surface area contributed by atoms with Gasteiger partial charge in [0, 0.05) is 57.7 Å². The molecule has 1 fully saturated rings. The minimum absolute atomic E-state index is 0.00157. The number of anilines is 2. The van der Waals surface area contributed by atoms with Crippen LogP contribution in [0.1, 0.15) is 39.2 Å². The molecule has 1 aliphatic heterocycles. The second kappa shape index (κ2) is 10.1. The third-order valence-corrected chi connectivity index (χ3v) is 4.86. The lowest BCUT2D eigenvalue weighted by molar-refractivity contribution is -0.141. The number of methoxy groups -OCH3 is 1. The molecule has 0 spiro atoms. The molecule has 0 bridgehead atoms. The monoisotopic (exact) mass is 405 g/mol. The average Bonchev–Trinajstić information content (AvgIpc) is 3.13. The quantitative estimate of drug-likeness (QED) is 0.720. The molecule has 7 heteroatoms. The van der Waals surface area contributed by atoms with Crippen LogP contribution in [0.5, 0.6) is 0 Å². The number of amides is 2. The highest BCUT2D eigenvalue weighted by Gasteiger charge is 2.30.